The summed E-state index contributed by atoms with van der Waals surface area (Å²) in [6.45, 7) is 4.05. The van der Waals surface area contributed by atoms with Crippen LogP contribution in [0.5, 0.6) is 0 Å². The van der Waals surface area contributed by atoms with Crippen LogP contribution in [0.25, 0.3) is 0 Å². The molecule has 0 N–H and O–H groups in total. The van der Waals surface area contributed by atoms with E-state index < -0.39 is 26.5 Å². The van der Waals surface area contributed by atoms with Gasteiger partial charge in [0.2, 0.25) is 0 Å². The van der Waals surface area contributed by atoms with E-state index in [0.717, 1.165) is 109 Å². The van der Waals surface area contributed by atoms with E-state index in [4.69, 9.17) is 18.5 Å². The van der Waals surface area contributed by atoms with E-state index in [9.17, 15) is 19.0 Å². The average Bonchev–Trinajstić information content (AvgIpc) is 2.72. The maximum absolute atomic E-state index is 12.9. The van der Waals surface area contributed by atoms with Gasteiger partial charge in [0.25, 0.3) is 7.82 Å². The van der Waals surface area contributed by atoms with Gasteiger partial charge in [0.1, 0.15) is 19.8 Å². The maximum atomic E-state index is 12.9. The molecule has 0 saturated heterocycles. The summed E-state index contributed by atoms with van der Waals surface area (Å²) >= 11 is 0. The molecule has 0 aliphatic carbocycles. The predicted octanol–water partition coefficient (Wildman–Crippen LogP) is 26.1. The van der Waals surface area contributed by atoms with Crippen LogP contribution in [-0.4, -0.2) is 70.0 Å². The Kier molecular flexibility index (Phi) is 72.3. The second-order valence-corrected chi connectivity index (χ2v) is 29.1. The number of carbonyl (C=O) groups excluding carboxylic acids is 2. The van der Waals surface area contributed by atoms with E-state index in [1.54, 1.807) is 0 Å². The van der Waals surface area contributed by atoms with Gasteiger partial charge in [0.15, 0.2) is 6.10 Å². The van der Waals surface area contributed by atoms with E-state index >= 15 is 0 Å². The molecule has 552 valence electrons. The van der Waals surface area contributed by atoms with Gasteiger partial charge < -0.3 is 27.9 Å². The molecule has 0 aromatic carbocycles. The second kappa shape index (κ2) is 75.4. The topological polar surface area (TPSA) is 111 Å². The van der Waals surface area contributed by atoms with Gasteiger partial charge in [-0.25, -0.2) is 0 Å². The van der Waals surface area contributed by atoms with Crippen LogP contribution >= 0.6 is 7.82 Å². The number of likely N-dealkylation sites (N-methyl/N-ethyl adjacent to an activating group) is 1. The van der Waals surface area contributed by atoms with Crippen molar-refractivity contribution in [3.05, 3.63) is 134 Å². The van der Waals surface area contributed by atoms with Crippen LogP contribution in [0.1, 0.15) is 348 Å². The highest BCUT2D eigenvalue weighted by atomic mass is 31.2. The van der Waals surface area contributed by atoms with Crippen LogP contribution in [0.3, 0.4) is 0 Å². The fourth-order valence-electron chi connectivity index (χ4n) is 11.2. The Balaban J connectivity index is 3.96. The molecule has 0 aromatic rings. The number of phosphoric acid groups is 1. The molecule has 10 heteroatoms. The molecule has 0 heterocycles. The molecule has 9 nitrogen and oxygen atoms in total. The molecule has 96 heavy (non-hydrogen) atoms. The third kappa shape index (κ3) is 79.1. The second-order valence-electron chi connectivity index (χ2n) is 27.7. The summed E-state index contributed by atoms with van der Waals surface area (Å²) in [5.74, 6) is -0.821. The number of hydrogen-bond acceptors (Lipinski definition) is 8. The molecular weight excluding hydrogens is 1210 g/mol. The highest BCUT2D eigenvalue weighted by Gasteiger charge is 2.22. The van der Waals surface area contributed by atoms with Gasteiger partial charge in [-0.1, -0.05) is 359 Å². The molecule has 2 atom stereocenters. The molecule has 0 rings (SSSR count). The Morgan fingerprint density at radius 3 is 0.833 bits per heavy atom. The Hall–Kier alpha value is -3.85. The largest absolute Gasteiger partial charge is 0.756 e. The number of nitrogens with zero attached hydrogens (tertiary/aromatic N) is 1. The lowest BCUT2D eigenvalue weighted by Crippen LogP contribution is -2.37. The van der Waals surface area contributed by atoms with Crippen molar-refractivity contribution < 1.29 is 42.1 Å². The summed E-state index contributed by atoms with van der Waals surface area (Å²) in [6.07, 6.45) is 110. The van der Waals surface area contributed by atoms with Gasteiger partial charge in [-0.05, 0) is 109 Å². The van der Waals surface area contributed by atoms with Crippen molar-refractivity contribution in [3.8, 4) is 0 Å². The minimum absolute atomic E-state index is 0.0329. The molecule has 0 fully saturated rings. The summed E-state index contributed by atoms with van der Waals surface area (Å²) in [7, 11) is 1.17. The minimum Gasteiger partial charge on any atom is -0.756 e. The first kappa shape index (κ1) is 92.2. The molecular formula is C86H150NO8P. The summed E-state index contributed by atoms with van der Waals surface area (Å²) < 4.78 is 34.4. The molecule has 0 spiro atoms. The van der Waals surface area contributed by atoms with Crippen LogP contribution in [0, 0.1) is 0 Å². The first-order valence-corrected chi connectivity index (χ1v) is 41.4. The third-order valence-electron chi connectivity index (χ3n) is 17.2. The van der Waals surface area contributed by atoms with Gasteiger partial charge in [0.05, 0.1) is 27.7 Å². The van der Waals surface area contributed by atoms with Gasteiger partial charge in [-0.3, -0.25) is 14.2 Å². The van der Waals surface area contributed by atoms with Crippen molar-refractivity contribution in [3.63, 3.8) is 0 Å². The number of allylic oxidation sites excluding steroid dienone is 22. The molecule has 2 unspecified atom stereocenters. The van der Waals surface area contributed by atoms with Crippen LogP contribution in [0.15, 0.2) is 134 Å². The third-order valence-corrected chi connectivity index (χ3v) is 18.1. The van der Waals surface area contributed by atoms with Crippen LogP contribution in [0.4, 0.5) is 0 Å². The SMILES string of the molecule is CC/C=C\C/C=C\C/C=C\C/C=C\C/C=C\C/C=C\CCCCCCCCCCCCCCCCCCCCC(=O)OC(COC(=O)CCCCCCCCCCCCCCCCCCCCC/C=C\C/C=C\C/C=C\C/C=C\C/C=C\CC)COP(=O)([O-])OCC[N+](C)(C)C. The maximum Gasteiger partial charge on any atom is 0.306 e. The normalized spacial score (nSPS) is 13.8. The molecule has 0 aliphatic heterocycles. The molecule has 0 saturated carbocycles. The van der Waals surface area contributed by atoms with Crippen LogP contribution in [0.2, 0.25) is 0 Å². The molecule has 0 bridgehead atoms. The number of rotatable bonds is 73. The first-order valence-electron chi connectivity index (χ1n) is 39.9. The molecule has 0 radical (unpaired) electrons. The zero-order valence-electron chi connectivity index (χ0n) is 63.0. The monoisotopic (exact) mass is 1360 g/mol. The van der Waals surface area contributed by atoms with Crippen molar-refractivity contribution in [2.75, 3.05) is 47.5 Å². The van der Waals surface area contributed by atoms with Crippen molar-refractivity contribution in [2.24, 2.45) is 0 Å². The Labute approximate surface area is 593 Å². The smallest absolute Gasteiger partial charge is 0.306 e. The van der Waals surface area contributed by atoms with Crippen molar-refractivity contribution in [1.29, 1.82) is 0 Å². The summed E-state index contributed by atoms with van der Waals surface area (Å²) in [5.41, 5.74) is 0. The number of ether oxygens (including phenoxy) is 2. The molecule has 0 aromatic heterocycles. The lowest BCUT2D eigenvalue weighted by molar-refractivity contribution is -0.870. The van der Waals surface area contributed by atoms with Gasteiger partial charge in [0, 0.05) is 12.8 Å². The highest BCUT2D eigenvalue weighted by molar-refractivity contribution is 7.45. The lowest BCUT2D eigenvalue weighted by Gasteiger charge is -2.28. The Morgan fingerprint density at radius 2 is 0.562 bits per heavy atom. The number of phosphoric ester groups is 1. The molecule has 0 amide bonds. The zero-order valence-corrected chi connectivity index (χ0v) is 63.9. The number of quaternary nitrogens is 1. The summed E-state index contributed by atoms with van der Waals surface area (Å²) in [5, 5.41) is 0. The average molecular weight is 1360 g/mol. The Morgan fingerprint density at radius 1 is 0.323 bits per heavy atom. The minimum atomic E-state index is -4.65. The van der Waals surface area contributed by atoms with E-state index in [2.05, 4.69) is 148 Å². The number of carbonyl (C=O) groups is 2. The molecule has 0 aliphatic rings. The van der Waals surface area contributed by atoms with Crippen molar-refractivity contribution in [1.82, 2.24) is 0 Å². The van der Waals surface area contributed by atoms with Crippen molar-refractivity contribution in [2.45, 2.75) is 354 Å². The standard InChI is InChI=1S/C86H150NO8P/c1-6-8-10-12-14-16-18-20-22-24-26-28-30-32-34-36-38-40-42-43-45-47-49-51-53-55-57-59-61-63-65-67-69-71-73-75-77-79-86(89)95-84(83-94-96(90,91)93-81-80-87(3,4)5)82-92-85(88)78-76-74-72-70-68-66-64-62-60-58-56-54-52-50-48-46-44-41-39-37-35-33-31-29-27-25-23-21-19-17-15-13-11-9-7-2/h8-11,14-17,20-23,26-29,32-35,38,40,84H,6-7,12-13,18-19,24-25,30-31,36-37,39,41-83H2,1-5H3/b10-8-,11-9-,16-14-,17-15-,22-20-,23-21-,28-26-,29-27-,34-32-,35-33-,40-38-. The number of hydrogen-bond donors (Lipinski definition) is 0. The van der Waals surface area contributed by atoms with E-state index in [-0.39, 0.29) is 32.0 Å². The van der Waals surface area contributed by atoms with Gasteiger partial charge in [-0.2, -0.15) is 0 Å². The summed E-state index contributed by atoms with van der Waals surface area (Å²) in [6, 6.07) is 0. The Bertz CT molecular complexity index is 2090. The number of esters is 2. The van der Waals surface area contributed by atoms with E-state index in [1.807, 2.05) is 21.1 Å². The zero-order chi connectivity index (χ0) is 69.7. The fraction of sp³-hybridized carbons (Fsp3) is 0.721. The van der Waals surface area contributed by atoms with Gasteiger partial charge >= 0.3 is 11.9 Å². The quantitative estimate of drug-likeness (QED) is 0.0195. The number of unbranched alkanes of at least 4 members (excludes halogenated alkanes) is 37. The van der Waals surface area contributed by atoms with Crippen molar-refractivity contribution >= 4 is 19.8 Å². The fourth-order valence-corrected chi connectivity index (χ4v) is 11.9. The lowest BCUT2D eigenvalue weighted by atomic mass is 10.0. The van der Waals surface area contributed by atoms with Gasteiger partial charge in [-0.15, -0.1) is 0 Å². The van der Waals surface area contributed by atoms with E-state index in [0.29, 0.717) is 17.4 Å². The highest BCUT2D eigenvalue weighted by Crippen LogP contribution is 2.38. The van der Waals surface area contributed by atoms with E-state index in [1.165, 1.54) is 205 Å². The predicted molar refractivity (Wildman–Crippen MR) is 415 cm³/mol. The summed E-state index contributed by atoms with van der Waals surface area (Å²) in [4.78, 5) is 38.2. The first-order chi connectivity index (χ1) is 47.0. The van der Waals surface area contributed by atoms with Crippen LogP contribution in [-0.2, 0) is 32.7 Å². The van der Waals surface area contributed by atoms with Crippen LogP contribution < -0.4 is 4.89 Å².